The fourth-order valence-electron chi connectivity index (χ4n) is 2.84. The van der Waals surface area contributed by atoms with E-state index in [1.54, 1.807) is 30.5 Å². The Labute approximate surface area is 182 Å². The topological polar surface area (TPSA) is 121 Å². The van der Waals surface area contributed by atoms with Crippen LogP contribution in [0, 0.1) is 15.9 Å². The van der Waals surface area contributed by atoms with Crippen molar-refractivity contribution in [3.63, 3.8) is 0 Å². The van der Waals surface area contributed by atoms with E-state index in [0.717, 1.165) is 0 Å². The summed E-state index contributed by atoms with van der Waals surface area (Å²) in [6.45, 7) is 0.333. The third-order valence-electron chi connectivity index (χ3n) is 4.26. The van der Waals surface area contributed by atoms with Gasteiger partial charge < -0.3 is 19.8 Å². The van der Waals surface area contributed by atoms with Crippen LogP contribution >= 0.6 is 15.9 Å². The van der Waals surface area contributed by atoms with E-state index >= 15 is 0 Å². The van der Waals surface area contributed by atoms with Crippen molar-refractivity contribution in [3.8, 4) is 0 Å². The van der Waals surface area contributed by atoms with Gasteiger partial charge in [-0.15, -0.1) is 0 Å². The molecule has 1 amide bonds. The largest absolute Gasteiger partial charge is 0.454 e. The molecule has 0 spiro atoms. The number of halogens is 2. The third kappa shape index (κ3) is 4.69. The van der Waals surface area contributed by atoms with Crippen molar-refractivity contribution < 1.29 is 18.5 Å². The van der Waals surface area contributed by atoms with E-state index in [9.17, 15) is 19.3 Å². The van der Waals surface area contributed by atoms with Crippen LogP contribution in [-0.2, 0) is 13.1 Å². The summed E-state index contributed by atoms with van der Waals surface area (Å²) in [5.41, 5.74) is 0.899. The first-order chi connectivity index (χ1) is 14.9. The molecule has 0 bridgehead atoms. The molecule has 3 aromatic heterocycles. The second-order valence-electron chi connectivity index (χ2n) is 6.49. The Hall–Kier alpha value is -3.80. The van der Waals surface area contributed by atoms with Crippen LogP contribution in [0.3, 0.4) is 0 Å². The Morgan fingerprint density at radius 2 is 2.00 bits per heavy atom. The maximum Gasteiger partial charge on any atom is 0.404 e. The highest BCUT2D eigenvalue weighted by molar-refractivity contribution is 9.10. The SMILES string of the molecule is O=C(Nc1cnn(Cc2ccccc2F)c1)c1ccc(Cn2cc(Br)c([N+](=O)[O-])n2)o1. The minimum absolute atomic E-state index is 0.0533. The van der Waals surface area contributed by atoms with Crippen molar-refractivity contribution in [2.24, 2.45) is 0 Å². The molecule has 158 valence electrons. The van der Waals surface area contributed by atoms with Gasteiger partial charge in [-0.2, -0.15) is 9.78 Å². The lowest BCUT2D eigenvalue weighted by molar-refractivity contribution is -0.390. The first-order valence-electron chi connectivity index (χ1n) is 8.92. The highest BCUT2D eigenvalue weighted by Crippen LogP contribution is 2.23. The molecule has 0 fully saturated rings. The van der Waals surface area contributed by atoms with Crippen LogP contribution < -0.4 is 5.32 Å². The molecule has 4 aromatic rings. The molecule has 3 heterocycles. The summed E-state index contributed by atoms with van der Waals surface area (Å²) in [6.07, 6.45) is 4.47. The zero-order valence-corrected chi connectivity index (χ0v) is 17.3. The highest BCUT2D eigenvalue weighted by atomic mass is 79.9. The van der Waals surface area contributed by atoms with Crippen LogP contribution in [0.4, 0.5) is 15.9 Å². The number of nitrogens with one attached hydrogen (secondary N) is 1. The van der Waals surface area contributed by atoms with Gasteiger partial charge >= 0.3 is 5.82 Å². The van der Waals surface area contributed by atoms with Gasteiger partial charge in [0, 0.05) is 11.8 Å². The molecular formula is C19H14BrFN6O4. The molecule has 10 nitrogen and oxygen atoms in total. The summed E-state index contributed by atoms with van der Waals surface area (Å²) in [7, 11) is 0. The summed E-state index contributed by atoms with van der Waals surface area (Å²) in [5, 5.41) is 21.5. The van der Waals surface area contributed by atoms with Crippen LogP contribution in [0.1, 0.15) is 21.9 Å². The zero-order chi connectivity index (χ0) is 22.0. The molecule has 0 aliphatic rings. The average Bonchev–Trinajstić information content (AvgIpc) is 3.45. The lowest BCUT2D eigenvalue weighted by Crippen LogP contribution is -2.10. The molecule has 31 heavy (non-hydrogen) atoms. The van der Waals surface area contributed by atoms with Gasteiger partial charge in [-0.25, -0.2) is 4.39 Å². The number of aromatic nitrogens is 4. The van der Waals surface area contributed by atoms with Crippen LogP contribution in [0.5, 0.6) is 0 Å². The number of anilines is 1. The molecule has 0 aliphatic carbocycles. The van der Waals surface area contributed by atoms with Crippen LogP contribution in [0.15, 0.2) is 63.9 Å². The number of rotatable bonds is 7. The zero-order valence-electron chi connectivity index (χ0n) is 15.7. The molecule has 0 unspecified atom stereocenters. The number of carbonyl (C=O) groups excluding carboxylic acids is 1. The normalized spacial score (nSPS) is 10.9. The predicted octanol–water partition coefficient (Wildman–Crippen LogP) is 3.83. The van der Waals surface area contributed by atoms with Gasteiger partial charge in [0.05, 0.1) is 29.7 Å². The summed E-state index contributed by atoms with van der Waals surface area (Å²) in [5.74, 6) is -0.689. The highest BCUT2D eigenvalue weighted by Gasteiger charge is 2.20. The number of hydrogen-bond acceptors (Lipinski definition) is 6. The van der Waals surface area contributed by atoms with E-state index < -0.39 is 10.8 Å². The van der Waals surface area contributed by atoms with Gasteiger partial charge in [-0.1, -0.05) is 18.2 Å². The summed E-state index contributed by atoms with van der Waals surface area (Å²) >= 11 is 3.07. The Bertz CT molecular complexity index is 1260. The van der Waals surface area contributed by atoms with Gasteiger partial charge in [0.1, 0.15) is 22.6 Å². The second kappa shape index (κ2) is 8.52. The van der Waals surface area contributed by atoms with Crippen molar-refractivity contribution in [3.05, 3.63) is 92.5 Å². The summed E-state index contributed by atoms with van der Waals surface area (Å²) in [6, 6.07) is 9.44. The molecular weight excluding hydrogens is 475 g/mol. The van der Waals surface area contributed by atoms with Crippen molar-refractivity contribution in [2.75, 3.05) is 5.32 Å². The van der Waals surface area contributed by atoms with E-state index in [-0.39, 0.29) is 35.0 Å². The van der Waals surface area contributed by atoms with Crippen molar-refractivity contribution in [2.45, 2.75) is 13.1 Å². The van der Waals surface area contributed by atoms with Gasteiger partial charge in [0.15, 0.2) is 5.76 Å². The van der Waals surface area contributed by atoms with Gasteiger partial charge in [-0.3, -0.25) is 9.48 Å². The number of hydrogen-bond donors (Lipinski definition) is 1. The number of nitrogens with zero attached hydrogens (tertiary/aromatic N) is 5. The third-order valence-corrected chi connectivity index (χ3v) is 4.82. The minimum atomic E-state index is -0.603. The van der Waals surface area contributed by atoms with E-state index in [1.807, 2.05) is 0 Å². The maximum atomic E-state index is 13.8. The Balaban J connectivity index is 1.39. The summed E-state index contributed by atoms with van der Waals surface area (Å²) in [4.78, 5) is 22.7. The van der Waals surface area contributed by atoms with E-state index in [0.29, 0.717) is 17.0 Å². The van der Waals surface area contributed by atoms with E-state index in [4.69, 9.17) is 4.42 Å². The van der Waals surface area contributed by atoms with Crippen LogP contribution in [0.2, 0.25) is 0 Å². The molecule has 0 saturated heterocycles. The van der Waals surface area contributed by atoms with E-state index in [1.165, 1.54) is 33.9 Å². The number of carbonyl (C=O) groups is 1. The van der Waals surface area contributed by atoms with Crippen molar-refractivity contribution in [1.82, 2.24) is 19.6 Å². The smallest absolute Gasteiger partial charge is 0.404 e. The van der Waals surface area contributed by atoms with E-state index in [2.05, 4.69) is 31.4 Å². The molecule has 0 atom stereocenters. The molecule has 0 saturated carbocycles. The fourth-order valence-corrected chi connectivity index (χ4v) is 3.31. The predicted molar refractivity (Wildman–Crippen MR) is 110 cm³/mol. The second-order valence-corrected chi connectivity index (χ2v) is 7.35. The fraction of sp³-hybridized carbons (Fsp3) is 0.105. The Morgan fingerprint density at radius 3 is 2.74 bits per heavy atom. The lowest BCUT2D eigenvalue weighted by atomic mass is 10.2. The van der Waals surface area contributed by atoms with Gasteiger partial charge in [-0.05, 0) is 39.1 Å². The van der Waals surface area contributed by atoms with Crippen molar-refractivity contribution in [1.29, 1.82) is 0 Å². The molecule has 1 aromatic carbocycles. The van der Waals surface area contributed by atoms with Gasteiger partial charge in [0.25, 0.3) is 5.91 Å². The molecule has 0 aliphatic heterocycles. The number of benzene rings is 1. The monoisotopic (exact) mass is 488 g/mol. The average molecular weight is 489 g/mol. The van der Waals surface area contributed by atoms with Crippen molar-refractivity contribution >= 4 is 33.3 Å². The minimum Gasteiger partial charge on any atom is -0.454 e. The first kappa shape index (κ1) is 20.5. The number of amides is 1. The lowest BCUT2D eigenvalue weighted by Gasteiger charge is -2.03. The number of nitro groups is 1. The Morgan fingerprint density at radius 1 is 1.19 bits per heavy atom. The van der Waals surface area contributed by atoms with Crippen LogP contribution in [0.25, 0.3) is 0 Å². The number of furan rings is 1. The van der Waals surface area contributed by atoms with Gasteiger partial charge in [0.2, 0.25) is 0 Å². The molecule has 12 heteroatoms. The summed E-state index contributed by atoms with van der Waals surface area (Å²) < 4.78 is 22.4. The molecule has 1 N–H and O–H groups in total. The quantitative estimate of drug-likeness (QED) is 0.311. The standard InChI is InChI=1S/C19H14BrFN6O4/c20-15-11-26(24-18(15)27(29)30)10-14-5-6-17(31-14)19(28)23-13-7-22-25(9-13)8-12-3-1-2-4-16(12)21/h1-7,9,11H,8,10H2,(H,23,28). The maximum absolute atomic E-state index is 13.8. The Kier molecular flexibility index (Phi) is 5.62. The molecule has 0 radical (unpaired) electrons. The molecule has 4 rings (SSSR count). The van der Waals surface area contributed by atoms with Crippen LogP contribution in [-0.4, -0.2) is 30.4 Å². The first-order valence-corrected chi connectivity index (χ1v) is 9.71.